The lowest BCUT2D eigenvalue weighted by Crippen LogP contribution is -2.38. The van der Waals surface area contributed by atoms with E-state index in [1.54, 1.807) is 33.4 Å². The summed E-state index contributed by atoms with van der Waals surface area (Å²) >= 11 is 1.40. The van der Waals surface area contributed by atoms with Crippen molar-refractivity contribution in [2.75, 3.05) is 21.3 Å². The van der Waals surface area contributed by atoms with Crippen molar-refractivity contribution < 1.29 is 23.8 Å². The molecule has 182 valence electrons. The van der Waals surface area contributed by atoms with E-state index < -0.39 is 12.0 Å². The fourth-order valence-electron chi connectivity index (χ4n) is 4.08. The minimum Gasteiger partial charge on any atom is -0.493 e. The molecule has 0 aliphatic carbocycles. The number of carbonyl (C=O) groups excluding carboxylic acids is 2. The molecule has 1 atom stereocenters. The molecule has 2 aromatic rings. The number of benzene rings is 1. The zero-order valence-corrected chi connectivity index (χ0v) is 20.7. The Bertz CT molecular complexity index is 1230. The first-order valence-electron chi connectivity index (χ1n) is 10.9. The standard InChI is InChI=1S/C25H26N4O5S/c1-15-21(24(31)34-4)22(18-9-7-10-19(32-2)23(18)33-3)29-17(14-35-25(29)28-15)12-20(30)27-13-16-8-5-6-11-26-16/h5-11,14,22H,12-13H2,1-4H3,(H,27,30)/t22-/m0/s1. The summed E-state index contributed by atoms with van der Waals surface area (Å²) in [6, 6.07) is 10.4. The number of aromatic nitrogens is 1. The molecule has 10 heteroatoms. The van der Waals surface area contributed by atoms with Crippen LogP contribution in [0.5, 0.6) is 11.5 Å². The Morgan fingerprint density at radius 3 is 2.63 bits per heavy atom. The summed E-state index contributed by atoms with van der Waals surface area (Å²) in [7, 11) is 4.44. The molecule has 0 unspecified atom stereocenters. The average molecular weight is 495 g/mol. The molecule has 3 heterocycles. The van der Waals surface area contributed by atoms with Crippen LogP contribution >= 0.6 is 11.8 Å². The van der Waals surface area contributed by atoms with Crippen LogP contribution < -0.4 is 14.8 Å². The smallest absolute Gasteiger partial charge is 0.338 e. The van der Waals surface area contributed by atoms with Crippen LogP contribution in [0.3, 0.4) is 0 Å². The van der Waals surface area contributed by atoms with Gasteiger partial charge in [-0.1, -0.05) is 30.0 Å². The fraction of sp³-hybridized carbons (Fsp3) is 0.280. The number of allylic oxidation sites excluding steroid dienone is 1. The first kappa shape index (κ1) is 24.3. The number of hydrogen-bond donors (Lipinski definition) is 1. The van der Waals surface area contributed by atoms with E-state index in [0.717, 1.165) is 5.69 Å². The third-order valence-electron chi connectivity index (χ3n) is 5.67. The van der Waals surface area contributed by atoms with Gasteiger partial charge in [-0.15, -0.1) is 0 Å². The van der Waals surface area contributed by atoms with Gasteiger partial charge in [0, 0.05) is 17.5 Å². The monoisotopic (exact) mass is 494 g/mol. The lowest BCUT2D eigenvalue weighted by molar-refractivity contribution is -0.136. The molecule has 0 saturated heterocycles. The molecule has 1 N–H and O–H groups in total. The number of rotatable bonds is 8. The van der Waals surface area contributed by atoms with Crippen molar-refractivity contribution in [2.24, 2.45) is 4.99 Å². The maximum absolute atomic E-state index is 12.9. The van der Waals surface area contributed by atoms with Gasteiger partial charge in [-0.3, -0.25) is 9.78 Å². The summed E-state index contributed by atoms with van der Waals surface area (Å²) in [5.41, 5.74) is 3.07. The summed E-state index contributed by atoms with van der Waals surface area (Å²) in [6.07, 6.45) is 1.78. The number of nitrogens with one attached hydrogen (secondary N) is 1. The van der Waals surface area contributed by atoms with E-state index in [-0.39, 0.29) is 12.3 Å². The van der Waals surface area contributed by atoms with Gasteiger partial charge in [0.1, 0.15) is 0 Å². The number of methoxy groups -OCH3 is 3. The molecule has 0 bridgehead atoms. The number of amides is 1. The normalized spacial score (nSPS) is 16.8. The van der Waals surface area contributed by atoms with Crippen LogP contribution in [-0.4, -0.2) is 48.3 Å². The van der Waals surface area contributed by atoms with Crippen LogP contribution in [0.2, 0.25) is 0 Å². The maximum Gasteiger partial charge on any atom is 0.338 e. The van der Waals surface area contributed by atoms with Crippen molar-refractivity contribution in [1.82, 2.24) is 15.2 Å². The number of carbonyl (C=O) groups is 2. The van der Waals surface area contributed by atoms with Crippen molar-refractivity contribution in [1.29, 1.82) is 0 Å². The molecule has 1 amide bonds. The molecule has 4 rings (SSSR count). The van der Waals surface area contributed by atoms with Crippen LogP contribution in [-0.2, 0) is 20.9 Å². The van der Waals surface area contributed by atoms with Gasteiger partial charge in [0.25, 0.3) is 0 Å². The van der Waals surface area contributed by atoms with Gasteiger partial charge in [-0.25, -0.2) is 9.79 Å². The number of thioether (sulfide) groups is 1. The Hall–Kier alpha value is -3.79. The van der Waals surface area contributed by atoms with E-state index in [0.29, 0.717) is 45.7 Å². The molecule has 2 aliphatic heterocycles. The Morgan fingerprint density at radius 2 is 1.94 bits per heavy atom. The molecule has 0 saturated carbocycles. The van der Waals surface area contributed by atoms with Gasteiger partial charge in [0.15, 0.2) is 16.7 Å². The first-order valence-corrected chi connectivity index (χ1v) is 11.8. The second kappa shape index (κ2) is 10.6. The Morgan fingerprint density at radius 1 is 1.11 bits per heavy atom. The molecule has 1 aromatic carbocycles. The summed E-state index contributed by atoms with van der Waals surface area (Å²) < 4.78 is 16.3. The zero-order valence-electron chi connectivity index (χ0n) is 19.9. The Kier molecular flexibility index (Phi) is 7.40. The van der Waals surface area contributed by atoms with Crippen molar-refractivity contribution >= 4 is 28.8 Å². The highest BCUT2D eigenvalue weighted by molar-refractivity contribution is 8.16. The number of fused-ring (bicyclic) bond motifs is 1. The number of aliphatic imine (C=N–C) groups is 1. The van der Waals surface area contributed by atoms with E-state index in [1.807, 2.05) is 40.6 Å². The molecular weight excluding hydrogens is 468 g/mol. The third kappa shape index (κ3) is 4.88. The molecule has 0 fully saturated rings. The quantitative estimate of drug-likeness (QED) is 0.556. The van der Waals surface area contributed by atoms with Crippen molar-refractivity contribution in [3.05, 3.63) is 76.2 Å². The lowest BCUT2D eigenvalue weighted by Gasteiger charge is -2.36. The van der Waals surface area contributed by atoms with Crippen molar-refractivity contribution in [3.8, 4) is 11.5 Å². The van der Waals surface area contributed by atoms with E-state index in [9.17, 15) is 9.59 Å². The number of para-hydroxylation sites is 1. The average Bonchev–Trinajstić information content (AvgIpc) is 3.27. The molecule has 9 nitrogen and oxygen atoms in total. The van der Waals surface area contributed by atoms with Gasteiger partial charge in [0.05, 0.1) is 57.3 Å². The van der Waals surface area contributed by atoms with Crippen LogP contribution in [0, 0.1) is 0 Å². The number of hydrogen-bond acceptors (Lipinski definition) is 9. The van der Waals surface area contributed by atoms with Crippen LogP contribution in [0.25, 0.3) is 0 Å². The molecule has 1 aromatic heterocycles. The second-order valence-corrected chi connectivity index (χ2v) is 8.58. The Labute approximate surface area is 207 Å². The minimum absolute atomic E-state index is 0.0924. The molecule has 0 radical (unpaired) electrons. The largest absolute Gasteiger partial charge is 0.493 e. The van der Waals surface area contributed by atoms with Crippen LogP contribution in [0.15, 0.2) is 70.0 Å². The van der Waals surface area contributed by atoms with Gasteiger partial charge in [-0.2, -0.15) is 0 Å². The summed E-state index contributed by atoms with van der Waals surface area (Å²) in [4.78, 5) is 36.5. The Balaban J connectivity index is 1.68. The molecule has 0 spiro atoms. The fourth-order valence-corrected chi connectivity index (χ4v) is 5.05. The van der Waals surface area contributed by atoms with E-state index in [4.69, 9.17) is 14.2 Å². The number of nitrogens with zero attached hydrogens (tertiary/aromatic N) is 3. The molecule has 2 aliphatic rings. The number of amidine groups is 1. The summed E-state index contributed by atoms with van der Waals surface area (Å²) in [5.74, 6) is 0.342. The highest BCUT2D eigenvalue weighted by atomic mass is 32.2. The van der Waals surface area contributed by atoms with Crippen LogP contribution in [0.1, 0.15) is 30.6 Å². The number of pyridine rings is 1. The highest BCUT2D eigenvalue weighted by Gasteiger charge is 2.42. The number of esters is 1. The van der Waals surface area contributed by atoms with Gasteiger partial charge in [-0.05, 0) is 30.5 Å². The third-order valence-corrected chi connectivity index (χ3v) is 6.56. The molecule has 35 heavy (non-hydrogen) atoms. The van der Waals surface area contributed by atoms with E-state index in [2.05, 4.69) is 15.3 Å². The topological polar surface area (TPSA) is 102 Å². The van der Waals surface area contributed by atoms with Gasteiger partial charge < -0.3 is 24.4 Å². The van der Waals surface area contributed by atoms with E-state index in [1.165, 1.54) is 18.9 Å². The van der Waals surface area contributed by atoms with Crippen LogP contribution in [0.4, 0.5) is 0 Å². The molecular formula is C25H26N4O5S. The zero-order chi connectivity index (χ0) is 24.9. The highest BCUT2D eigenvalue weighted by Crippen LogP contribution is 2.48. The summed E-state index contributed by atoms with van der Waals surface area (Å²) in [6.45, 7) is 2.09. The van der Waals surface area contributed by atoms with Gasteiger partial charge >= 0.3 is 5.97 Å². The first-order chi connectivity index (χ1) is 17.0. The number of ether oxygens (including phenoxy) is 3. The maximum atomic E-state index is 12.9. The van der Waals surface area contributed by atoms with Crippen molar-refractivity contribution in [2.45, 2.75) is 25.9 Å². The second-order valence-electron chi connectivity index (χ2n) is 7.74. The SMILES string of the molecule is COC(=O)C1=C(C)N=C2SC=C(CC(=O)NCc3ccccn3)N2[C@H]1c1cccc(OC)c1OC. The van der Waals surface area contributed by atoms with Crippen molar-refractivity contribution in [3.63, 3.8) is 0 Å². The lowest BCUT2D eigenvalue weighted by atomic mass is 9.92. The van der Waals surface area contributed by atoms with E-state index >= 15 is 0 Å². The summed E-state index contributed by atoms with van der Waals surface area (Å²) in [5, 5.41) is 5.45. The minimum atomic E-state index is -0.621. The van der Waals surface area contributed by atoms with Gasteiger partial charge in [0.2, 0.25) is 5.91 Å². The predicted molar refractivity (Wildman–Crippen MR) is 133 cm³/mol. The predicted octanol–water partition coefficient (Wildman–Crippen LogP) is 3.55.